The molecule has 0 unspecified atom stereocenters. The average Bonchev–Trinajstić information content (AvgIpc) is 3.04. The van der Waals surface area contributed by atoms with E-state index in [0.717, 1.165) is 77.6 Å². The van der Waals surface area contributed by atoms with Crippen molar-refractivity contribution in [2.24, 2.45) is 0 Å². The maximum Gasteiger partial charge on any atom is 0.128 e. The predicted molar refractivity (Wildman–Crippen MR) is 165 cm³/mol. The zero-order valence-electron chi connectivity index (χ0n) is 21.9. The first-order chi connectivity index (χ1) is 20.3. The lowest BCUT2D eigenvalue weighted by Gasteiger charge is -2.10. The minimum atomic E-state index is 0.745. The molecular weight excluding hydrogens is 504 g/mol. The van der Waals surface area contributed by atoms with Crippen molar-refractivity contribution in [3.63, 3.8) is 0 Å². The Morgan fingerprint density at radius 1 is 0.390 bits per heavy atom. The second-order valence-electron chi connectivity index (χ2n) is 9.97. The molecule has 0 aliphatic heterocycles. The molecule has 0 aliphatic carbocycles. The number of hydrogen-bond acceptors (Lipinski definition) is 5. The second kappa shape index (κ2) is 9.50. The highest BCUT2D eigenvalue weighted by Crippen LogP contribution is 2.31. The SMILES string of the molecule is c1cc(Oc2ccc(-c3ccc4ccc5cccnc5c4n3)cc2)cc(-c2ccc3ccc4cccnc4c3n2)c1. The van der Waals surface area contributed by atoms with Crippen LogP contribution in [-0.4, -0.2) is 19.9 Å². The number of benzene rings is 4. The quantitative estimate of drug-likeness (QED) is 0.214. The average molecular weight is 527 g/mol. The fourth-order valence-electron chi connectivity index (χ4n) is 5.32. The van der Waals surface area contributed by atoms with Crippen molar-refractivity contribution in [1.82, 2.24) is 19.9 Å². The van der Waals surface area contributed by atoms with Crippen LogP contribution in [-0.2, 0) is 0 Å². The Balaban J connectivity index is 1.08. The lowest BCUT2D eigenvalue weighted by atomic mass is 10.1. The summed E-state index contributed by atoms with van der Waals surface area (Å²) in [5, 5.41) is 4.30. The highest BCUT2D eigenvalue weighted by molar-refractivity contribution is 6.04. The van der Waals surface area contributed by atoms with Crippen LogP contribution in [0.5, 0.6) is 11.5 Å². The van der Waals surface area contributed by atoms with Gasteiger partial charge in [0.2, 0.25) is 0 Å². The van der Waals surface area contributed by atoms with E-state index in [-0.39, 0.29) is 0 Å². The number of rotatable bonds is 4. The van der Waals surface area contributed by atoms with Crippen molar-refractivity contribution in [2.75, 3.05) is 0 Å². The summed E-state index contributed by atoms with van der Waals surface area (Å²) in [5.74, 6) is 1.50. The zero-order chi connectivity index (χ0) is 27.2. The van der Waals surface area contributed by atoms with Gasteiger partial charge >= 0.3 is 0 Å². The van der Waals surface area contributed by atoms with Crippen LogP contribution in [0.15, 0.2) is 134 Å². The largest absolute Gasteiger partial charge is 0.457 e. The molecule has 0 saturated heterocycles. The van der Waals surface area contributed by atoms with Gasteiger partial charge in [-0.3, -0.25) is 9.97 Å². The molecule has 0 bridgehead atoms. The van der Waals surface area contributed by atoms with E-state index in [4.69, 9.17) is 14.7 Å². The van der Waals surface area contributed by atoms with Crippen molar-refractivity contribution in [3.05, 3.63) is 134 Å². The molecular formula is C36H22N4O. The monoisotopic (exact) mass is 526 g/mol. The van der Waals surface area contributed by atoms with E-state index in [2.05, 4.69) is 58.5 Å². The van der Waals surface area contributed by atoms with Gasteiger partial charge in [-0.1, -0.05) is 60.7 Å². The van der Waals surface area contributed by atoms with E-state index in [1.165, 1.54) is 0 Å². The molecule has 0 fully saturated rings. The zero-order valence-corrected chi connectivity index (χ0v) is 21.9. The Kier molecular flexibility index (Phi) is 5.38. The molecule has 0 radical (unpaired) electrons. The fourth-order valence-corrected chi connectivity index (χ4v) is 5.32. The van der Waals surface area contributed by atoms with Crippen LogP contribution in [0.2, 0.25) is 0 Å². The molecule has 5 heteroatoms. The third kappa shape index (κ3) is 4.21. The summed E-state index contributed by atoms with van der Waals surface area (Å²) >= 11 is 0. The Morgan fingerprint density at radius 3 is 1.54 bits per heavy atom. The Morgan fingerprint density at radius 2 is 0.927 bits per heavy atom. The van der Waals surface area contributed by atoms with E-state index in [1.54, 1.807) is 0 Å². The predicted octanol–water partition coefficient (Wildman–Crippen LogP) is 9.01. The molecule has 0 spiro atoms. The topological polar surface area (TPSA) is 60.8 Å². The smallest absolute Gasteiger partial charge is 0.128 e. The number of hydrogen-bond donors (Lipinski definition) is 0. The Hall–Kier alpha value is -5.68. The van der Waals surface area contributed by atoms with Crippen LogP contribution in [0.3, 0.4) is 0 Å². The fraction of sp³-hybridized carbons (Fsp3) is 0. The summed E-state index contributed by atoms with van der Waals surface area (Å²) in [6.07, 6.45) is 3.62. The van der Waals surface area contributed by atoms with E-state index in [0.29, 0.717) is 0 Å². The highest BCUT2D eigenvalue weighted by atomic mass is 16.5. The molecule has 5 nitrogen and oxygen atoms in total. The molecule has 0 aliphatic rings. The molecule has 4 heterocycles. The molecule has 8 rings (SSSR count). The van der Waals surface area contributed by atoms with Crippen LogP contribution < -0.4 is 4.74 Å². The standard InChI is InChI=1S/C36H22N4O/c1-4-28(32-19-15-27-11-9-25-6-3-21-38-34(25)36(27)40-32)22-30(7-1)41-29-16-12-23(13-17-29)31-18-14-26-10-8-24-5-2-20-37-33(24)35(26)39-31/h1-22H. The minimum Gasteiger partial charge on any atom is -0.457 e. The third-order valence-corrected chi connectivity index (χ3v) is 7.38. The molecule has 0 amide bonds. The second-order valence-corrected chi connectivity index (χ2v) is 9.97. The number of aromatic nitrogens is 4. The minimum absolute atomic E-state index is 0.745. The first kappa shape index (κ1) is 23.2. The molecule has 0 saturated carbocycles. The molecule has 4 aromatic carbocycles. The summed E-state index contributed by atoms with van der Waals surface area (Å²) in [4.78, 5) is 19.1. The van der Waals surface area contributed by atoms with Gasteiger partial charge in [0.15, 0.2) is 0 Å². The van der Waals surface area contributed by atoms with E-state index in [1.807, 2.05) is 85.2 Å². The van der Waals surface area contributed by atoms with Gasteiger partial charge in [-0.25, -0.2) is 9.97 Å². The van der Waals surface area contributed by atoms with Crippen molar-refractivity contribution >= 4 is 43.6 Å². The van der Waals surface area contributed by atoms with E-state index in [9.17, 15) is 0 Å². The Labute approximate surface area is 235 Å². The van der Waals surface area contributed by atoms with Crippen LogP contribution >= 0.6 is 0 Å². The number of fused-ring (bicyclic) bond motifs is 6. The van der Waals surface area contributed by atoms with E-state index >= 15 is 0 Å². The van der Waals surface area contributed by atoms with Gasteiger partial charge in [-0.2, -0.15) is 0 Å². The van der Waals surface area contributed by atoms with Crippen LogP contribution in [0.1, 0.15) is 0 Å². The van der Waals surface area contributed by atoms with Gasteiger partial charge in [0.05, 0.1) is 33.5 Å². The molecule has 0 atom stereocenters. The summed E-state index contributed by atoms with van der Waals surface area (Å²) in [5.41, 5.74) is 7.39. The van der Waals surface area contributed by atoms with Crippen molar-refractivity contribution in [3.8, 4) is 34.0 Å². The van der Waals surface area contributed by atoms with Crippen molar-refractivity contribution in [2.45, 2.75) is 0 Å². The normalized spacial score (nSPS) is 11.4. The van der Waals surface area contributed by atoms with Gasteiger partial charge in [-0.15, -0.1) is 0 Å². The Bertz CT molecular complexity index is 2240. The van der Waals surface area contributed by atoms with Crippen molar-refractivity contribution < 1.29 is 4.74 Å². The molecule has 4 aromatic heterocycles. The molecule has 8 aromatic rings. The van der Waals surface area contributed by atoms with Crippen LogP contribution in [0, 0.1) is 0 Å². The summed E-state index contributed by atoms with van der Waals surface area (Å²) in [6.45, 7) is 0. The third-order valence-electron chi connectivity index (χ3n) is 7.38. The number of nitrogens with zero attached hydrogens (tertiary/aromatic N) is 4. The number of ether oxygens (including phenoxy) is 1. The molecule has 41 heavy (non-hydrogen) atoms. The maximum absolute atomic E-state index is 6.25. The van der Waals surface area contributed by atoms with Gasteiger partial charge in [0, 0.05) is 45.1 Å². The highest BCUT2D eigenvalue weighted by Gasteiger charge is 2.09. The lowest BCUT2D eigenvalue weighted by molar-refractivity contribution is 0.483. The van der Waals surface area contributed by atoms with Crippen molar-refractivity contribution in [1.29, 1.82) is 0 Å². The van der Waals surface area contributed by atoms with Gasteiger partial charge in [0.25, 0.3) is 0 Å². The number of pyridine rings is 4. The summed E-state index contributed by atoms with van der Waals surface area (Å²) in [7, 11) is 0. The van der Waals surface area contributed by atoms with Gasteiger partial charge in [0.1, 0.15) is 11.5 Å². The van der Waals surface area contributed by atoms with Crippen LogP contribution in [0.25, 0.3) is 66.1 Å². The lowest BCUT2D eigenvalue weighted by Crippen LogP contribution is -1.90. The van der Waals surface area contributed by atoms with E-state index < -0.39 is 0 Å². The van der Waals surface area contributed by atoms with Crippen LogP contribution in [0.4, 0.5) is 0 Å². The maximum atomic E-state index is 6.25. The van der Waals surface area contributed by atoms with Gasteiger partial charge < -0.3 is 4.74 Å². The molecule has 0 N–H and O–H groups in total. The first-order valence-electron chi connectivity index (χ1n) is 13.5. The first-order valence-corrected chi connectivity index (χ1v) is 13.5. The summed E-state index contributed by atoms with van der Waals surface area (Å²) in [6, 6.07) is 40.7. The molecule has 192 valence electrons. The summed E-state index contributed by atoms with van der Waals surface area (Å²) < 4.78 is 6.25. The van der Waals surface area contributed by atoms with Gasteiger partial charge in [-0.05, 0) is 60.7 Å².